The van der Waals surface area contributed by atoms with E-state index in [1.54, 1.807) is 0 Å². The number of aromatic nitrogens is 2. The Morgan fingerprint density at radius 2 is 2.12 bits per heavy atom. The van der Waals surface area contributed by atoms with Gasteiger partial charge >= 0.3 is 0 Å². The molecule has 0 aliphatic heterocycles. The fourth-order valence-corrected chi connectivity index (χ4v) is 2.78. The minimum Gasteiger partial charge on any atom is -0.317 e. The third-order valence-corrected chi connectivity index (χ3v) is 4.02. The quantitative estimate of drug-likeness (QED) is 0.785. The highest BCUT2D eigenvalue weighted by molar-refractivity contribution is 9.10. The molecular weight excluding hydrogens is 278 g/mol. The SMILES string of the molecule is CCNCCC(C)Cc1c(Br)c(CC)nn1C. The second-order valence-electron chi connectivity index (χ2n) is 4.64. The summed E-state index contributed by atoms with van der Waals surface area (Å²) in [5.41, 5.74) is 2.49. The van der Waals surface area contributed by atoms with Crippen LogP contribution in [-0.2, 0) is 19.9 Å². The monoisotopic (exact) mass is 301 g/mol. The molecule has 17 heavy (non-hydrogen) atoms. The first-order valence-corrected chi connectivity index (χ1v) is 7.30. The third-order valence-electron chi connectivity index (χ3n) is 3.11. The largest absolute Gasteiger partial charge is 0.317 e. The summed E-state index contributed by atoms with van der Waals surface area (Å²) >= 11 is 3.67. The van der Waals surface area contributed by atoms with E-state index in [0.717, 1.165) is 25.9 Å². The maximum Gasteiger partial charge on any atom is 0.0766 e. The van der Waals surface area contributed by atoms with Gasteiger partial charge in [0.1, 0.15) is 0 Å². The van der Waals surface area contributed by atoms with Crippen LogP contribution in [0.25, 0.3) is 0 Å². The van der Waals surface area contributed by atoms with Crippen LogP contribution >= 0.6 is 15.9 Å². The molecule has 1 aromatic rings. The molecule has 0 saturated heterocycles. The molecule has 1 rings (SSSR count). The van der Waals surface area contributed by atoms with E-state index in [9.17, 15) is 0 Å². The average molecular weight is 302 g/mol. The summed E-state index contributed by atoms with van der Waals surface area (Å²) in [4.78, 5) is 0. The second-order valence-corrected chi connectivity index (χ2v) is 5.43. The molecule has 0 spiro atoms. The third kappa shape index (κ3) is 4.11. The summed E-state index contributed by atoms with van der Waals surface area (Å²) in [7, 11) is 2.04. The van der Waals surface area contributed by atoms with E-state index >= 15 is 0 Å². The second kappa shape index (κ2) is 7.17. The van der Waals surface area contributed by atoms with Crippen molar-refractivity contribution < 1.29 is 0 Å². The summed E-state index contributed by atoms with van der Waals surface area (Å²) in [6.07, 6.45) is 3.29. The van der Waals surface area contributed by atoms with Gasteiger partial charge in [0, 0.05) is 7.05 Å². The van der Waals surface area contributed by atoms with Crippen LogP contribution in [0.2, 0.25) is 0 Å². The molecular formula is C13H24BrN3. The van der Waals surface area contributed by atoms with Crippen molar-refractivity contribution in [3.8, 4) is 0 Å². The molecule has 0 radical (unpaired) electrons. The van der Waals surface area contributed by atoms with Gasteiger partial charge in [0.15, 0.2) is 0 Å². The van der Waals surface area contributed by atoms with Crippen molar-refractivity contribution in [1.82, 2.24) is 15.1 Å². The number of nitrogens with one attached hydrogen (secondary N) is 1. The van der Waals surface area contributed by atoms with Crippen LogP contribution in [0, 0.1) is 5.92 Å². The number of halogens is 1. The van der Waals surface area contributed by atoms with Gasteiger partial charge < -0.3 is 5.32 Å². The van der Waals surface area contributed by atoms with E-state index in [1.165, 1.54) is 22.3 Å². The Kier molecular flexibility index (Phi) is 6.20. The van der Waals surface area contributed by atoms with Crippen molar-refractivity contribution in [3.05, 3.63) is 15.9 Å². The fourth-order valence-electron chi connectivity index (χ4n) is 2.00. The van der Waals surface area contributed by atoms with Crippen molar-refractivity contribution >= 4 is 15.9 Å². The van der Waals surface area contributed by atoms with Crippen molar-refractivity contribution in [2.24, 2.45) is 13.0 Å². The standard InChI is InChI=1S/C13H24BrN3/c1-5-11-13(14)12(17(4)16-11)9-10(3)7-8-15-6-2/h10,15H,5-9H2,1-4H3. The summed E-state index contributed by atoms with van der Waals surface area (Å²) in [5, 5.41) is 7.91. The summed E-state index contributed by atoms with van der Waals surface area (Å²) < 4.78 is 3.23. The predicted molar refractivity (Wildman–Crippen MR) is 76.3 cm³/mol. The number of hydrogen-bond donors (Lipinski definition) is 1. The zero-order valence-electron chi connectivity index (χ0n) is 11.4. The molecule has 1 aromatic heterocycles. The van der Waals surface area contributed by atoms with E-state index < -0.39 is 0 Å². The summed E-state index contributed by atoms with van der Waals surface area (Å²) in [6, 6.07) is 0. The molecule has 1 N–H and O–H groups in total. The first-order chi connectivity index (χ1) is 8.10. The van der Waals surface area contributed by atoms with Crippen LogP contribution in [-0.4, -0.2) is 22.9 Å². The Labute approximate surface area is 113 Å². The Hall–Kier alpha value is -0.350. The Balaban J connectivity index is 2.58. The highest BCUT2D eigenvalue weighted by atomic mass is 79.9. The molecule has 1 unspecified atom stereocenters. The Bertz CT molecular complexity index is 347. The van der Waals surface area contributed by atoms with Crippen LogP contribution < -0.4 is 5.32 Å². The number of rotatable bonds is 7. The highest BCUT2D eigenvalue weighted by Crippen LogP contribution is 2.24. The first kappa shape index (κ1) is 14.7. The maximum atomic E-state index is 4.53. The van der Waals surface area contributed by atoms with Gasteiger partial charge in [0.2, 0.25) is 0 Å². The van der Waals surface area contributed by atoms with E-state index in [0.29, 0.717) is 5.92 Å². The van der Waals surface area contributed by atoms with Gasteiger partial charge in [-0.25, -0.2) is 0 Å². The summed E-state index contributed by atoms with van der Waals surface area (Å²) in [6.45, 7) is 8.76. The molecule has 0 aliphatic rings. The smallest absolute Gasteiger partial charge is 0.0766 e. The van der Waals surface area contributed by atoms with Crippen molar-refractivity contribution in [3.63, 3.8) is 0 Å². The van der Waals surface area contributed by atoms with Crippen molar-refractivity contribution in [1.29, 1.82) is 0 Å². The highest BCUT2D eigenvalue weighted by Gasteiger charge is 2.14. The lowest BCUT2D eigenvalue weighted by Gasteiger charge is -2.12. The lowest BCUT2D eigenvalue weighted by molar-refractivity contribution is 0.488. The average Bonchev–Trinajstić information content (AvgIpc) is 2.57. The molecule has 98 valence electrons. The minimum atomic E-state index is 0.686. The molecule has 0 bridgehead atoms. The van der Waals surface area contributed by atoms with E-state index in [4.69, 9.17) is 0 Å². The number of nitrogens with zero attached hydrogens (tertiary/aromatic N) is 2. The van der Waals surface area contributed by atoms with Crippen molar-refractivity contribution in [2.75, 3.05) is 13.1 Å². The van der Waals surface area contributed by atoms with Crippen LogP contribution in [0.15, 0.2) is 4.47 Å². The van der Waals surface area contributed by atoms with Gasteiger partial charge in [-0.15, -0.1) is 0 Å². The zero-order chi connectivity index (χ0) is 12.8. The lowest BCUT2D eigenvalue weighted by Crippen LogP contribution is -2.18. The van der Waals surface area contributed by atoms with Gasteiger partial charge in [-0.2, -0.15) is 5.10 Å². The van der Waals surface area contributed by atoms with Crippen molar-refractivity contribution in [2.45, 2.75) is 40.0 Å². The molecule has 1 heterocycles. The van der Waals surface area contributed by atoms with Crippen LogP contribution in [0.3, 0.4) is 0 Å². The normalized spacial score (nSPS) is 13.0. The number of hydrogen-bond acceptors (Lipinski definition) is 2. The molecule has 0 amide bonds. The lowest BCUT2D eigenvalue weighted by atomic mass is 10.0. The molecule has 4 heteroatoms. The predicted octanol–water partition coefficient (Wildman–Crippen LogP) is 2.92. The number of aryl methyl sites for hydroxylation is 2. The maximum absolute atomic E-state index is 4.53. The molecule has 3 nitrogen and oxygen atoms in total. The Morgan fingerprint density at radius 1 is 1.41 bits per heavy atom. The van der Waals surface area contributed by atoms with E-state index in [1.807, 2.05) is 11.7 Å². The minimum absolute atomic E-state index is 0.686. The molecule has 0 aromatic carbocycles. The van der Waals surface area contributed by atoms with Crippen LogP contribution in [0.5, 0.6) is 0 Å². The van der Waals surface area contributed by atoms with Gasteiger partial charge in [-0.3, -0.25) is 4.68 Å². The fraction of sp³-hybridized carbons (Fsp3) is 0.769. The summed E-state index contributed by atoms with van der Waals surface area (Å²) in [5.74, 6) is 0.686. The van der Waals surface area contributed by atoms with Crippen LogP contribution in [0.1, 0.15) is 38.6 Å². The zero-order valence-corrected chi connectivity index (χ0v) is 13.0. The topological polar surface area (TPSA) is 29.9 Å². The first-order valence-electron chi connectivity index (χ1n) is 6.51. The molecule has 0 fully saturated rings. The molecule has 0 aliphatic carbocycles. The van der Waals surface area contributed by atoms with E-state index in [-0.39, 0.29) is 0 Å². The van der Waals surface area contributed by atoms with Gasteiger partial charge in [-0.05, 0) is 54.2 Å². The van der Waals surface area contributed by atoms with Gasteiger partial charge in [-0.1, -0.05) is 20.8 Å². The molecule has 1 atom stereocenters. The Morgan fingerprint density at radius 3 is 2.65 bits per heavy atom. The van der Waals surface area contributed by atoms with Gasteiger partial charge in [0.05, 0.1) is 15.9 Å². The van der Waals surface area contributed by atoms with Gasteiger partial charge in [0.25, 0.3) is 0 Å². The molecule has 0 saturated carbocycles. The van der Waals surface area contributed by atoms with E-state index in [2.05, 4.69) is 47.1 Å². The van der Waals surface area contributed by atoms with Crippen LogP contribution in [0.4, 0.5) is 0 Å².